The standard InChI is InChI=1S/C16H26O2/c1-2-15(17)18-16-11-6-3-4-8-14(10-13-16)9-5-7-12-16/h2,14H,1,3-13H2. The first kappa shape index (κ1) is 13.6. The van der Waals surface area contributed by atoms with Crippen molar-refractivity contribution in [2.24, 2.45) is 5.92 Å². The summed E-state index contributed by atoms with van der Waals surface area (Å²) in [4.78, 5) is 11.6. The van der Waals surface area contributed by atoms with Crippen LogP contribution in [-0.2, 0) is 9.53 Å². The number of ether oxygens (including phenoxy) is 1. The molecular formula is C16H26O2. The predicted molar refractivity (Wildman–Crippen MR) is 73.3 cm³/mol. The van der Waals surface area contributed by atoms with E-state index in [1.807, 2.05) is 0 Å². The summed E-state index contributed by atoms with van der Waals surface area (Å²) in [6.07, 6.45) is 14.9. The van der Waals surface area contributed by atoms with Gasteiger partial charge in [-0.1, -0.05) is 38.7 Å². The Hall–Kier alpha value is -0.790. The first-order valence-corrected chi connectivity index (χ1v) is 7.59. The second-order valence-corrected chi connectivity index (χ2v) is 6.06. The van der Waals surface area contributed by atoms with Crippen LogP contribution < -0.4 is 0 Å². The fraction of sp³-hybridized carbons (Fsp3) is 0.812. The van der Waals surface area contributed by atoms with Gasteiger partial charge in [0.2, 0.25) is 0 Å². The summed E-state index contributed by atoms with van der Waals surface area (Å²) in [6.45, 7) is 3.53. The van der Waals surface area contributed by atoms with Gasteiger partial charge < -0.3 is 4.74 Å². The molecule has 2 aliphatic carbocycles. The van der Waals surface area contributed by atoms with Crippen molar-refractivity contribution in [3.8, 4) is 0 Å². The molecule has 0 N–H and O–H groups in total. The number of esters is 1. The molecule has 0 heterocycles. The van der Waals surface area contributed by atoms with E-state index in [2.05, 4.69) is 6.58 Å². The molecule has 2 bridgehead atoms. The molecule has 0 amide bonds. The van der Waals surface area contributed by atoms with E-state index < -0.39 is 0 Å². The number of carbonyl (C=O) groups excluding carboxylic acids is 1. The Morgan fingerprint density at radius 3 is 2.39 bits per heavy atom. The van der Waals surface area contributed by atoms with E-state index in [9.17, 15) is 4.79 Å². The Labute approximate surface area is 111 Å². The zero-order valence-corrected chi connectivity index (χ0v) is 11.5. The van der Waals surface area contributed by atoms with Crippen LogP contribution in [0.25, 0.3) is 0 Å². The Morgan fingerprint density at radius 1 is 1.00 bits per heavy atom. The van der Waals surface area contributed by atoms with Gasteiger partial charge in [0.05, 0.1) is 0 Å². The highest BCUT2D eigenvalue weighted by Crippen LogP contribution is 2.39. The number of hydrogen-bond donors (Lipinski definition) is 0. The van der Waals surface area contributed by atoms with E-state index in [1.165, 1.54) is 57.4 Å². The van der Waals surface area contributed by atoms with Gasteiger partial charge in [-0.15, -0.1) is 0 Å². The molecule has 18 heavy (non-hydrogen) atoms. The van der Waals surface area contributed by atoms with Gasteiger partial charge in [0.1, 0.15) is 5.60 Å². The van der Waals surface area contributed by atoms with Crippen molar-refractivity contribution in [3.63, 3.8) is 0 Å². The van der Waals surface area contributed by atoms with E-state index in [-0.39, 0.29) is 11.6 Å². The molecule has 2 aliphatic rings. The molecular weight excluding hydrogens is 224 g/mol. The lowest BCUT2D eigenvalue weighted by molar-refractivity contribution is -0.157. The average molecular weight is 250 g/mol. The van der Waals surface area contributed by atoms with Crippen molar-refractivity contribution in [1.82, 2.24) is 0 Å². The zero-order valence-electron chi connectivity index (χ0n) is 11.5. The van der Waals surface area contributed by atoms with Crippen LogP contribution in [0.15, 0.2) is 12.7 Å². The molecule has 2 unspecified atom stereocenters. The predicted octanol–water partition coefficient (Wildman–Crippen LogP) is 4.39. The average Bonchev–Trinajstić information content (AvgIpc) is 2.41. The highest BCUT2D eigenvalue weighted by Gasteiger charge is 2.35. The van der Waals surface area contributed by atoms with Crippen molar-refractivity contribution in [2.45, 2.75) is 76.2 Å². The largest absolute Gasteiger partial charge is 0.456 e. The van der Waals surface area contributed by atoms with Crippen LogP contribution in [-0.4, -0.2) is 11.6 Å². The van der Waals surface area contributed by atoms with Crippen molar-refractivity contribution >= 4 is 5.97 Å². The molecule has 0 radical (unpaired) electrons. The highest BCUT2D eigenvalue weighted by molar-refractivity contribution is 5.81. The van der Waals surface area contributed by atoms with Gasteiger partial charge in [-0.25, -0.2) is 4.79 Å². The first-order chi connectivity index (χ1) is 8.74. The van der Waals surface area contributed by atoms with E-state index in [0.717, 1.165) is 25.2 Å². The Balaban J connectivity index is 2.10. The lowest BCUT2D eigenvalue weighted by Gasteiger charge is -2.36. The lowest BCUT2D eigenvalue weighted by Crippen LogP contribution is -2.36. The Bertz CT molecular complexity index is 297. The van der Waals surface area contributed by atoms with Crippen molar-refractivity contribution < 1.29 is 9.53 Å². The molecule has 0 aromatic rings. The summed E-state index contributed by atoms with van der Waals surface area (Å²) in [5.74, 6) is 0.636. The van der Waals surface area contributed by atoms with Crippen LogP contribution in [0.1, 0.15) is 70.6 Å². The summed E-state index contributed by atoms with van der Waals surface area (Å²) in [5, 5.41) is 0. The molecule has 2 fully saturated rings. The quantitative estimate of drug-likeness (QED) is 0.536. The molecule has 2 atom stereocenters. The maximum atomic E-state index is 11.6. The molecule has 0 aromatic carbocycles. The van der Waals surface area contributed by atoms with Crippen LogP contribution in [0.4, 0.5) is 0 Å². The van der Waals surface area contributed by atoms with Crippen molar-refractivity contribution in [1.29, 1.82) is 0 Å². The molecule has 0 aliphatic heterocycles. The third-order valence-electron chi connectivity index (χ3n) is 4.73. The first-order valence-electron chi connectivity index (χ1n) is 7.59. The van der Waals surface area contributed by atoms with Crippen molar-refractivity contribution in [3.05, 3.63) is 12.7 Å². The molecule has 102 valence electrons. The van der Waals surface area contributed by atoms with Crippen LogP contribution in [0.3, 0.4) is 0 Å². The van der Waals surface area contributed by atoms with Gasteiger partial charge >= 0.3 is 5.97 Å². The molecule has 2 heteroatoms. The summed E-state index contributed by atoms with van der Waals surface area (Å²) in [7, 11) is 0. The van der Waals surface area contributed by atoms with Gasteiger partial charge in [-0.2, -0.15) is 0 Å². The minimum atomic E-state index is -0.230. The second-order valence-electron chi connectivity index (χ2n) is 6.06. The van der Waals surface area contributed by atoms with E-state index in [0.29, 0.717) is 0 Å². The molecule has 0 aromatic heterocycles. The maximum absolute atomic E-state index is 11.6. The zero-order chi connectivity index (χ0) is 12.8. The minimum absolute atomic E-state index is 0.172. The van der Waals surface area contributed by atoms with Gasteiger partial charge in [0.25, 0.3) is 0 Å². The van der Waals surface area contributed by atoms with E-state index in [4.69, 9.17) is 4.74 Å². The fourth-order valence-corrected chi connectivity index (χ4v) is 3.62. The molecule has 2 nitrogen and oxygen atoms in total. The van der Waals surface area contributed by atoms with Crippen molar-refractivity contribution in [2.75, 3.05) is 0 Å². The monoisotopic (exact) mass is 250 g/mol. The number of carbonyl (C=O) groups is 1. The number of fused-ring (bicyclic) bond motifs is 3. The van der Waals surface area contributed by atoms with Crippen LogP contribution in [0.5, 0.6) is 0 Å². The molecule has 0 spiro atoms. The molecule has 2 rings (SSSR count). The van der Waals surface area contributed by atoms with Gasteiger partial charge in [-0.3, -0.25) is 0 Å². The maximum Gasteiger partial charge on any atom is 0.330 e. The van der Waals surface area contributed by atoms with Crippen LogP contribution in [0.2, 0.25) is 0 Å². The fourth-order valence-electron chi connectivity index (χ4n) is 3.62. The lowest BCUT2D eigenvalue weighted by atomic mass is 9.80. The summed E-state index contributed by atoms with van der Waals surface area (Å²) in [5.41, 5.74) is -0.172. The third kappa shape index (κ3) is 3.60. The number of rotatable bonds is 2. The normalized spacial score (nSPS) is 33.4. The topological polar surface area (TPSA) is 26.3 Å². The van der Waals surface area contributed by atoms with Gasteiger partial charge in [-0.05, 0) is 44.4 Å². The Kier molecular flexibility index (Phi) is 4.85. The van der Waals surface area contributed by atoms with E-state index >= 15 is 0 Å². The summed E-state index contributed by atoms with van der Waals surface area (Å²) >= 11 is 0. The van der Waals surface area contributed by atoms with Crippen LogP contribution in [0, 0.1) is 5.92 Å². The SMILES string of the molecule is C=CC(=O)OC12CCCCCC(CCCC1)CC2. The van der Waals surface area contributed by atoms with Gasteiger partial charge in [0, 0.05) is 6.08 Å². The van der Waals surface area contributed by atoms with Gasteiger partial charge in [0.15, 0.2) is 0 Å². The summed E-state index contributed by atoms with van der Waals surface area (Å²) < 4.78 is 5.78. The minimum Gasteiger partial charge on any atom is -0.456 e. The van der Waals surface area contributed by atoms with Crippen LogP contribution >= 0.6 is 0 Å². The second kappa shape index (κ2) is 6.40. The third-order valence-corrected chi connectivity index (χ3v) is 4.73. The smallest absolute Gasteiger partial charge is 0.330 e. The Morgan fingerprint density at radius 2 is 1.67 bits per heavy atom. The van der Waals surface area contributed by atoms with E-state index in [1.54, 1.807) is 0 Å². The highest BCUT2D eigenvalue weighted by atomic mass is 16.6. The molecule has 0 saturated heterocycles. The number of hydrogen-bond acceptors (Lipinski definition) is 2. The summed E-state index contributed by atoms with van der Waals surface area (Å²) in [6, 6.07) is 0. The molecule has 2 saturated carbocycles.